The molecule has 30 heavy (non-hydrogen) atoms. The molecule has 1 N–H and O–H groups in total. The van der Waals surface area contributed by atoms with E-state index in [2.05, 4.69) is 5.32 Å². The maximum Gasteiger partial charge on any atom is 0.408 e. The van der Waals surface area contributed by atoms with Crippen LogP contribution in [0.25, 0.3) is 0 Å². The normalized spacial score (nSPS) is 15.5. The van der Waals surface area contributed by atoms with E-state index in [0.717, 1.165) is 5.56 Å². The molecular formula is C21H27Cl2F3N2O2. The van der Waals surface area contributed by atoms with Crippen molar-refractivity contribution in [2.24, 2.45) is 0 Å². The molecule has 1 heterocycles. The number of halogens is 5. The van der Waals surface area contributed by atoms with Gasteiger partial charge in [-0.25, -0.2) is 0 Å². The van der Waals surface area contributed by atoms with Crippen LogP contribution in [0.5, 0.6) is 11.5 Å². The lowest BCUT2D eigenvalue weighted by molar-refractivity contribution is -0.187. The van der Waals surface area contributed by atoms with Gasteiger partial charge in [-0.3, -0.25) is 4.90 Å². The van der Waals surface area contributed by atoms with E-state index < -0.39 is 12.2 Å². The molecule has 2 aromatic carbocycles. The Kier molecular flexibility index (Phi) is 10.8. The molecule has 1 atom stereocenters. The average Bonchev–Trinajstić information content (AvgIpc) is 2.68. The minimum Gasteiger partial charge on any atom is -0.490 e. The molecule has 0 radical (unpaired) electrons. The highest BCUT2D eigenvalue weighted by molar-refractivity contribution is 5.85. The largest absolute Gasteiger partial charge is 0.490 e. The van der Waals surface area contributed by atoms with Crippen LogP contribution in [0.15, 0.2) is 48.5 Å². The first-order valence-electron chi connectivity index (χ1n) is 9.44. The molecule has 4 nitrogen and oxygen atoms in total. The van der Waals surface area contributed by atoms with E-state index in [1.54, 1.807) is 13.0 Å². The lowest BCUT2D eigenvalue weighted by atomic mass is 10.0. The molecule has 0 aromatic heterocycles. The minimum atomic E-state index is -4.37. The Bertz CT molecular complexity index is 758. The van der Waals surface area contributed by atoms with Gasteiger partial charge in [0, 0.05) is 26.2 Å². The Morgan fingerprint density at radius 2 is 1.63 bits per heavy atom. The van der Waals surface area contributed by atoms with Crippen LogP contribution in [-0.2, 0) is 6.61 Å². The monoisotopic (exact) mass is 466 g/mol. The van der Waals surface area contributed by atoms with Crippen LogP contribution in [0.1, 0.15) is 24.1 Å². The Morgan fingerprint density at radius 1 is 0.967 bits per heavy atom. The van der Waals surface area contributed by atoms with Crippen molar-refractivity contribution >= 4 is 24.8 Å². The number of piperazine rings is 1. The zero-order chi connectivity index (χ0) is 20.0. The van der Waals surface area contributed by atoms with Gasteiger partial charge in [-0.2, -0.15) is 13.2 Å². The highest BCUT2D eigenvalue weighted by atomic mass is 35.5. The summed E-state index contributed by atoms with van der Waals surface area (Å²) in [7, 11) is 0. The standard InChI is InChI=1S/C21H25F3N2O2.2ClH/c1-2-27-19-14-17(20(21(22,23)24)26-12-10-25-11-13-26)8-9-18(19)28-15-16-6-4-3-5-7-16;;/h3-9,14,20,25H,2,10-13,15H2,1H3;2*1H/t20-;;/m1../s1. The summed E-state index contributed by atoms with van der Waals surface area (Å²) in [5.74, 6) is 0.774. The number of benzene rings is 2. The summed E-state index contributed by atoms with van der Waals surface area (Å²) in [6.07, 6.45) is -4.37. The van der Waals surface area contributed by atoms with Crippen molar-refractivity contribution in [3.63, 3.8) is 0 Å². The van der Waals surface area contributed by atoms with Gasteiger partial charge in [-0.15, -0.1) is 24.8 Å². The summed E-state index contributed by atoms with van der Waals surface area (Å²) >= 11 is 0. The van der Waals surface area contributed by atoms with E-state index in [1.165, 1.54) is 17.0 Å². The third-order valence-electron chi connectivity index (χ3n) is 4.65. The van der Waals surface area contributed by atoms with E-state index in [-0.39, 0.29) is 30.4 Å². The fourth-order valence-corrected chi connectivity index (χ4v) is 3.36. The van der Waals surface area contributed by atoms with Crippen molar-refractivity contribution < 1.29 is 22.6 Å². The third-order valence-corrected chi connectivity index (χ3v) is 4.65. The predicted octanol–water partition coefficient (Wildman–Crippen LogP) is 5.02. The second-order valence-electron chi connectivity index (χ2n) is 6.64. The quantitative estimate of drug-likeness (QED) is 0.621. The van der Waals surface area contributed by atoms with Crippen LogP contribution < -0.4 is 14.8 Å². The van der Waals surface area contributed by atoms with Crippen LogP contribution in [0, 0.1) is 0 Å². The number of hydrogen-bond donors (Lipinski definition) is 1. The molecule has 0 saturated carbocycles. The molecule has 0 unspecified atom stereocenters. The molecule has 168 valence electrons. The Hall–Kier alpha value is -1.67. The Morgan fingerprint density at radius 3 is 2.23 bits per heavy atom. The molecule has 1 aliphatic rings. The molecule has 1 fully saturated rings. The first kappa shape index (κ1) is 26.4. The maximum absolute atomic E-state index is 13.8. The van der Waals surface area contributed by atoms with Gasteiger partial charge in [0.05, 0.1) is 6.61 Å². The minimum absolute atomic E-state index is 0. The van der Waals surface area contributed by atoms with Crippen molar-refractivity contribution in [1.29, 1.82) is 0 Å². The summed E-state index contributed by atoms with van der Waals surface area (Å²) < 4.78 is 52.9. The summed E-state index contributed by atoms with van der Waals surface area (Å²) in [4.78, 5) is 1.46. The average molecular weight is 467 g/mol. The van der Waals surface area contributed by atoms with Crippen molar-refractivity contribution in [3.05, 3.63) is 59.7 Å². The molecule has 2 aromatic rings. The molecule has 0 spiro atoms. The Balaban J connectivity index is 0.00000225. The predicted molar refractivity (Wildman–Crippen MR) is 116 cm³/mol. The van der Waals surface area contributed by atoms with Crippen LogP contribution >= 0.6 is 24.8 Å². The number of hydrogen-bond acceptors (Lipinski definition) is 4. The number of alkyl halides is 3. The van der Waals surface area contributed by atoms with Crippen LogP contribution in [-0.4, -0.2) is 43.9 Å². The molecule has 0 amide bonds. The number of rotatable bonds is 7. The molecule has 0 aliphatic carbocycles. The van der Waals surface area contributed by atoms with E-state index >= 15 is 0 Å². The lowest BCUT2D eigenvalue weighted by Gasteiger charge is -2.36. The fraction of sp³-hybridized carbons (Fsp3) is 0.429. The van der Waals surface area contributed by atoms with Crippen molar-refractivity contribution in [1.82, 2.24) is 10.2 Å². The second kappa shape index (κ2) is 12.2. The van der Waals surface area contributed by atoms with Crippen molar-refractivity contribution in [2.75, 3.05) is 32.8 Å². The van der Waals surface area contributed by atoms with E-state index in [4.69, 9.17) is 9.47 Å². The smallest absolute Gasteiger partial charge is 0.408 e. The highest BCUT2D eigenvalue weighted by Crippen LogP contribution is 2.41. The van der Waals surface area contributed by atoms with Gasteiger partial charge in [-0.05, 0) is 30.2 Å². The van der Waals surface area contributed by atoms with Gasteiger partial charge in [0.15, 0.2) is 11.5 Å². The van der Waals surface area contributed by atoms with Gasteiger partial charge in [0.25, 0.3) is 0 Å². The summed E-state index contributed by atoms with van der Waals surface area (Å²) in [6, 6.07) is 12.5. The number of nitrogens with one attached hydrogen (secondary N) is 1. The summed E-state index contributed by atoms with van der Waals surface area (Å²) in [6.45, 7) is 4.24. The van der Waals surface area contributed by atoms with Gasteiger partial charge in [0.1, 0.15) is 12.6 Å². The first-order valence-corrected chi connectivity index (χ1v) is 9.44. The van der Waals surface area contributed by atoms with Gasteiger partial charge >= 0.3 is 6.18 Å². The first-order chi connectivity index (χ1) is 13.5. The molecule has 0 bridgehead atoms. The van der Waals surface area contributed by atoms with E-state index in [1.807, 2.05) is 30.3 Å². The van der Waals surface area contributed by atoms with Crippen molar-refractivity contribution in [3.8, 4) is 11.5 Å². The van der Waals surface area contributed by atoms with E-state index in [9.17, 15) is 13.2 Å². The SMILES string of the molecule is CCOc1cc([C@@H](N2CCNCC2)C(F)(F)F)ccc1OCc1ccccc1.Cl.Cl. The van der Waals surface area contributed by atoms with Crippen molar-refractivity contribution in [2.45, 2.75) is 25.7 Å². The molecule has 1 aliphatic heterocycles. The third kappa shape index (κ3) is 6.94. The zero-order valence-corrected chi connectivity index (χ0v) is 18.3. The lowest BCUT2D eigenvalue weighted by Crippen LogP contribution is -2.49. The Labute approximate surface area is 187 Å². The zero-order valence-electron chi connectivity index (χ0n) is 16.7. The van der Waals surface area contributed by atoms with Crippen LogP contribution in [0.4, 0.5) is 13.2 Å². The second-order valence-corrected chi connectivity index (χ2v) is 6.64. The highest BCUT2D eigenvalue weighted by Gasteiger charge is 2.45. The van der Waals surface area contributed by atoms with Gasteiger partial charge < -0.3 is 14.8 Å². The van der Waals surface area contributed by atoms with Gasteiger partial charge in [0.2, 0.25) is 0 Å². The van der Waals surface area contributed by atoms with Crippen LogP contribution in [0.3, 0.4) is 0 Å². The molecule has 1 saturated heterocycles. The summed E-state index contributed by atoms with van der Waals surface area (Å²) in [5, 5.41) is 3.09. The van der Waals surface area contributed by atoms with Gasteiger partial charge in [-0.1, -0.05) is 36.4 Å². The fourth-order valence-electron chi connectivity index (χ4n) is 3.36. The maximum atomic E-state index is 13.8. The molecule has 9 heteroatoms. The number of ether oxygens (including phenoxy) is 2. The molecule has 3 rings (SSSR count). The van der Waals surface area contributed by atoms with Crippen LogP contribution in [0.2, 0.25) is 0 Å². The topological polar surface area (TPSA) is 33.7 Å². The van der Waals surface area contributed by atoms with E-state index in [0.29, 0.717) is 50.9 Å². The number of nitrogens with zero attached hydrogens (tertiary/aromatic N) is 1. The molecular weight excluding hydrogens is 440 g/mol. The summed E-state index contributed by atoms with van der Waals surface area (Å²) in [5.41, 5.74) is 1.15.